The van der Waals surface area contributed by atoms with Gasteiger partial charge in [0.15, 0.2) is 0 Å². The molecule has 12 heteroatoms. The molecule has 1 aliphatic heterocycles. The van der Waals surface area contributed by atoms with E-state index in [1.54, 1.807) is 13.0 Å². The van der Waals surface area contributed by atoms with Gasteiger partial charge in [0.1, 0.15) is 28.9 Å². The number of aromatic nitrogens is 1. The summed E-state index contributed by atoms with van der Waals surface area (Å²) in [6, 6.07) is 21.0. The van der Waals surface area contributed by atoms with E-state index in [0.717, 1.165) is 54.7 Å². The molecule has 1 saturated heterocycles. The van der Waals surface area contributed by atoms with E-state index >= 15 is 0 Å². The number of likely N-dealkylation sites (tertiary alicyclic amines) is 1. The molecule has 2 aliphatic rings. The molecule has 4 atom stereocenters. The van der Waals surface area contributed by atoms with Crippen LogP contribution < -0.4 is 10.6 Å². The van der Waals surface area contributed by atoms with Crippen LogP contribution in [-0.2, 0) is 10.2 Å². The van der Waals surface area contributed by atoms with Gasteiger partial charge in [-0.3, -0.25) is 10.1 Å². The number of rotatable bonds is 12. The van der Waals surface area contributed by atoms with Crippen LogP contribution in [0.2, 0.25) is 5.02 Å². The number of carbonyl (C=O) groups is 1. The number of nitrogens with one attached hydrogen (secondary N) is 2. The number of fused-ring (bicyclic) bond motifs is 3. The number of hydrogen-bond donors (Lipinski definition) is 3. The molecule has 1 amide bonds. The maximum atomic E-state index is 14.6. The lowest BCUT2D eigenvalue weighted by atomic mass is 9.73. The summed E-state index contributed by atoms with van der Waals surface area (Å²) in [4.78, 5) is 16.5. The first-order valence-corrected chi connectivity index (χ1v) is 17.5. The van der Waals surface area contributed by atoms with Gasteiger partial charge in [0.25, 0.3) is 0 Å². The van der Waals surface area contributed by atoms with Crippen molar-refractivity contribution in [1.82, 2.24) is 20.7 Å². The van der Waals surface area contributed by atoms with Gasteiger partial charge in [-0.2, -0.15) is 0 Å². The van der Waals surface area contributed by atoms with Crippen molar-refractivity contribution < 1.29 is 18.8 Å². The summed E-state index contributed by atoms with van der Waals surface area (Å²) in [5.41, 5.74) is 4.33. The fourth-order valence-corrected chi connectivity index (χ4v) is 7.39. The van der Waals surface area contributed by atoms with E-state index in [0.29, 0.717) is 24.3 Å². The Morgan fingerprint density at radius 2 is 1.74 bits per heavy atom. The highest BCUT2D eigenvalue weighted by Gasteiger charge is 2.48. The fraction of sp³-hybridized carbons (Fsp3) is 0.353. The van der Waals surface area contributed by atoms with Crippen LogP contribution in [0.1, 0.15) is 47.9 Å². The Hall–Kier alpha value is -2.27. The average molecular weight is 699 g/mol. The lowest BCUT2D eigenvalue weighted by molar-refractivity contribution is -0.125. The standard InChI is InChI=1S/C34H39ClFN4O3P3/c1-20-28(30(39-43-20)29-26(35)13-8-14-27(29)36)31(41)38-21-17-40(18-21)16-7-6-15-33(32(42)37-19-34(44,45)46)24-11-4-2-9-22(24)23-10-3-5-12-25(23)33/h2-5,8-14,21,31,38,41H,6-7,15-19,44-46H2,1H3,(H,37,42). The third-order valence-corrected chi connectivity index (χ3v) is 9.94. The van der Waals surface area contributed by atoms with Crippen molar-refractivity contribution >= 4 is 45.2 Å². The predicted octanol–water partition coefficient (Wildman–Crippen LogP) is 6.24. The van der Waals surface area contributed by atoms with Crippen molar-refractivity contribution in [2.24, 2.45) is 0 Å². The molecular formula is C34H39ClFN4O3P3. The molecule has 3 N–H and O–H groups in total. The number of aliphatic hydroxyl groups excluding tert-OH is 1. The summed E-state index contributed by atoms with van der Waals surface area (Å²) < 4.78 is 19.7. The first-order chi connectivity index (χ1) is 22.0. The summed E-state index contributed by atoms with van der Waals surface area (Å²) in [5.74, 6) is -0.0969. The molecule has 1 aliphatic carbocycles. The van der Waals surface area contributed by atoms with Crippen molar-refractivity contribution in [1.29, 1.82) is 0 Å². The van der Waals surface area contributed by atoms with Gasteiger partial charge in [0.2, 0.25) is 5.91 Å². The minimum Gasteiger partial charge on any atom is -0.374 e. The number of hydrogen-bond acceptors (Lipinski definition) is 6. The first kappa shape index (κ1) is 33.6. The van der Waals surface area contributed by atoms with Gasteiger partial charge < -0.3 is 19.8 Å². The Labute approximate surface area is 281 Å². The summed E-state index contributed by atoms with van der Waals surface area (Å²) in [6.45, 7) is 4.57. The number of benzene rings is 3. The summed E-state index contributed by atoms with van der Waals surface area (Å²) in [7, 11) is 8.24. The third kappa shape index (κ3) is 6.56. The van der Waals surface area contributed by atoms with Crippen LogP contribution >= 0.6 is 39.3 Å². The Morgan fingerprint density at radius 1 is 1.09 bits per heavy atom. The van der Waals surface area contributed by atoms with Crippen molar-refractivity contribution in [3.63, 3.8) is 0 Å². The Bertz CT molecular complexity index is 1680. The van der Waals surface area contributed by atoms with Gasteiger partial charge in [-0.25, -0.2) is 4.39 Å². The van der Waals surface area contributed by atoms with Crippen LogP contribution in [0.5, 0.6) is 0 Å². The second-order valence-corrected chi connectivity index (χ2v) is 18.0. The number of unbranched alkanes of at least 4 members (excludes halogenated alkanes) is 1. The van der Waals surface area contributed by atoms with Crippen LogP contribution in [0.4, 0.5) is 4.39 Å². The Kier molecular flexibility index (Phi) is 10.0. The molecule has 242 valence electrons. The normalized spacial score (nSPS) is 16.5. The summed E-state index contributed by atoms with van der Waals surface area (Å²) in [5, 5.41) is 21.7. The van der Waals surface area contributed by atoms with Crippen molar-refractivity contribution in [2.45, 2.75) is 48.5 Å². The van der Waals surface area contributed by atoms with Crippen molar-refractivity contribution in [3.05, 3.63) is 100 Å². The van der Waals surface area contributed by atoms with Crippen LogP contribution in [0.3, 0.4) is 0 Å². The Balaban J connectivity index is 1.08. The van der Waals surface area contributed by atoms with Gasteiger partial charge in [-0.05, 0) is 60.7 Å². The van der Waals surface area contributed by atoms with Gasteiger partial charge in [-0.1, -0.05) is 77.8 Å². The maximum Gasteiger partial charge on any atom is 0.235 e. The predicted molar refractivity (Wildman–Crippen MR) is 191 cm³/mol. The third-order valence-electron chi connectivity index (χ3n) is 9.01. The van der Waals surface area contributed by atoms with Crippen LogP contribution in [-0.4, -0.2) is 57.9 Å². The van der Waals surface area contributed by atoms with Gasteiger partial charge >= 0.3 is 0 Å². The van der Waals surface area contributed by atoms with Gasteiger partial charge in [-0.15, -0.1) is 27.7 Å². The van der Waals surface area contributed by atoms with E-state index in [1.807, 2.05) is 24.3 Å². The zero-order valence-electron chi connectivity index (χ0n) is 25.6. The largest absolute Gasteiger partial charge is 0.374 e. The number of halogens is 2. The van der Waals surface area contributed by atoms with Crippen molar-refractivity contribution in [2.75, 3.05) is 26.2 Å². The lowest BCUT2D eigenvalue weighted by Crippen LogP contribution is -2.58. The molecule has 7 nitrogen and oxygen atoms in total. The van der Waals surface area contributed by atoms with E-state index in [1.165, 1.54) is 12.1 Å². The molecule has 0 saturated carbocycles. The van der Waals surface area contributed by atoms with E-state index in [9.17, 15) is 14.3 Å². The minimum atomic E-state index is -1.09. The number of aliphatic hydroxyl groups is 1. The molecule has 1 aromatic heterocycles. The zero-order valence-corrected chi connectivity index (χ0v) is 29.8. The van der Waals surface area contributed by atoms with Crippen LogP contribution in [0, 0.1) is 12.7 Å². The SMILES string of the molecule is Cc1onc(-c2c(F)cccc2Cl)c1C(O)NC1CN(CCCCC2(C(=O)NCC(P)(P)P)c3ccccc3-c3ccccc32)C1. The fourth-order valence-electron chi connectivity index (χ4n) is 6.83. The highest BCUT2D eigenvalue weighted by atomic mass is 35.5. The number of amides is 1. The van der Waals surface area contributed by atoms with Crippen LogP contribution in [0.25, 0.3) is 22.4 Å². The van der Waals surface area contributed by atoms with Crippen LogP contribution in [0.15, 0.2) is 71.3 Å². The highest BCUT2D eigenvalue weighted by molar-refractivity contribution is 7.57. The molecule has 6 rings (SSSR count). The lowest BCUT2D eigenvalue weighted by Gasteiger charge is -2.41. The van der Waals surface area contributed by atoms with E-state index in [4.69, 9.17) is 16.1 Å². The molecular weight excluding hydrogens is 660 g/mol. The zero-order chi connectivity index (χ0) is 32.6. The monoisotopic (exact) mass is 698 g/mol. The number of nitrogens with zero attached hydrogens (tertiary/aromatic N) is 2. The number of carbonyl (C=O) groups excluding carboxylic acids is 1. The maximum absolute atomic E-state index is 14.6. The van der Waals surface area contributed by atoms with E-state index in [-0.39, 0.29) is 32.9 Å². The quantitative estimate of drug-likeness (QED) is 0.0923. The Morgan fingerprint density at radius 3 is 2.37 bits per heavy atom. The van der Waals surface area contributed by atoms with Gasteiger partial charge in [0, 0.05) is 30.3 Å². The molecule has 2 heterocycles. The smallest absolute Gasteiger partial charge is 0.235 e. The van der Waals surface area contributed by atoms with E-state index in [2.05, 4.69) is 72.7 Å². The first-order valence-electron chi connectivity index (χ1n) is 15.4. The average Bonchev–Trinajstić information content (AvgIpc) is 3.52. The molecule has 3 aromatic carbocycles. The molecule has 4 unspecified atom stereocenters. The van der Waals surface area contributed by atoms with Gasteiger partial charge in [0.05, 0.1) is 16.1 Å². The highest BCUT2D eigenvalue weighted by Crippen LogP contribution is 2.52. The molecule has 0 radical (unpaired) electrons. The second kappa shape index (κ2) is 13.7. The molecule has 0 spiro atoms. The number of aryl methyl sites for hydroxylation is 1. The van der Waals surface area contributed by atoms with E-state index < -0.39 is 17.5 Å². The minimum absolute atomic E-state index is 0.0314. The second-order valence-electron chi connectivity index (χ2n) is 12.4. The molecule has 46 heavy (non-hydrogen) atoms. The topological polar surface area (TPSA) is 90.6 Å². The molecule has 1 fully saturated rings. The van der Waals surface area contributed by atoms with Crippen molar-refractivity contribution in [3.8, 4) is 22.4 Å². The summed E-state index contributed by atoms with van der Waals surface area (Å²) >= 11 is 6.27. The molecule has 0 bridgehead atoms. The molecule has 4 aromatic rings. The summed E-state index contributed by atoms with van der Waals surface area (Å²) in [6.07, 6.45) is 1.41.